The van der Waals surface area contributed by atoms with Gasteiger partial charge in [-0.3, -0.25) is 9.69 Å². The lowest BCUT2D eigenvalue weighted by Crippen LogP contribution is -2.54. The second kappa shape index (κ2) is 9.49. The number of carbonyl (C=O) groups is 1. The summed E-state index contributed by atoms with van der Waals surface area (Å²) in [4.78, 5) is 14.1. The first-order chi connectivity index (χ1) is 13.4. The molecule has 2 fully saturated rings. The van der Waals surface area contributed by atoms with E-state index in [9.17, 15) is 17.6 Å². The third kappa shape index (κ3) is 5.42. The zero-order chi connectivity index (χ0) is 20.1. The predicted molar refractivity (Wildman–Crippen MR) is 107 cm³/mol. The molecule has 1 amide bonds. The molecule has 0 aromatic heterocycles. The van der Waals surface area contributed by atoms with Crippen molar-refractivity contribution in [2.75, 3.05) is 51.1 Å². The van der Waals surface area contributed by atoms with Crippen molar-refractivity contribution in [3.8, 4) is 0 Å². The quantitative estimate of drug-likeness (QED) is 0.773. The van der Waals surface area contributed by atoms with Crippen LogP contribution in [0.4, 0.5) is 10.1 Å². The number of halogens is 2. The van der Waals surface area contributed by atoms with Gasteiger partial charge < -0.3 is 5.32 Å². The van der Waals surface area contributed by atoms with E-state index in [-0.39, 0.29) is 23.2 Å². The molecule has 3 rings (SSSR count). The highest BCUT2D eigenvalue weighted by Gasteiger charge is 2.32. The van der Waals surface area contributed by atoms with E-state index >= 15 is 0 Å². The maximum Gasteiger partial charge on any atom is 0.282 e. The second-order valence-corrected chi connectivity index (χ2v) is 9.53. The van der Waals surface area contributed by atoms with Gasteiger partial charge in [-0.15, -0.1) is 0 Å². The van der Waals surface area contributed by atoms with Gasteiger partial charge in [-0.2, -0.15) is 17.0 Å². The van der Waals surface area contributed by atoms with Gasteiger partial charge in [-0.05, 0) is 31.0 Å². The molecule has 1 N–H and O–H groups in total. The average molecular weight is 433 g/mol. The summed E-state index contributed by atoms with van der Waals surface area (Å²) < 4.78 is 42.5. The van der Waals surface area contributed by atoms with Crippen molar-refractivity contribution in [1.82, 2.24) is 13.5 Å². The molecule has 156 valence electrons. The molecule has 0 spiro atoms. The minimum Gasteiger partial charge on any atom is -0.322 e. The van der Waals surface area contributed by atoms with Crippen LogP contribution in [0.15, 0.2) is 18.2 Å². The van der Waals surface area contributed by atoms with Gasteiger partial charge in [0.1, 0.15) is 5.82 Å². The zero-order valence-corrected chi connectivity index (χ0v) is 17.3. The van der Waals surface area contributed by atoms with Crippen molar-refractivity contribution in [1.29, 1.82) is 0 Å². The Labute approximate surface area is 170 Å². The number of nitrogens with one attached hydrogen (secondary N) is 1. The number of piperazine rings is 1. The van der Waals surface area contributed by atoms with Crippen molar-refractivity contribution in [3.63, 3.8) is 0 Å². The Hall–Kier alpha value is -1.26. The molecule has 1 aromatic rings. The van der Waals surface area contributed by atoms with Gasteiger partial charge in [0.15, 0.2) is 0 Å². The largest absolute Gasteiger partial charge is 0.322 e. The Kier molecular flexibility index (Phi) is 7.27. The van der Waals surface area contributed by atoms with E-state index < -0.39 is 16.0 Å². The number of amides is 1. The van der Waals surface area contributed by atoms with E-state index in [4.69, 9.17) is 11.6 Å². The monoisotopic (exact) mass is 432 g/mol. The second-order valence-electron chi connectivity index (χ2n) is 7.17. The van der Waals surface area contributed by atoms with Gasteiger partial charge in [0.2, 0.25) is 5.91 Å². The van der Waals surface area contributed by atoms with E-state index in [2.05, 4.69) is 5.32 Å². The minimum absolute atomic E-state index is 0.0803. The molecule has 0 atom stereocenters. The van der Waals surface area contributed by atoms with Crippen LogP contribution in [0.2, 0.25) is 5.02 Å². The van der Waals surface area contributed by atoms with Crippen LogP contribution >= 0.6 is 11.6 Å². The maximum atomic E-state index is 13.8. The third-order valence-electron chi connectivity index (χ3n) is 5.12. The molecule has 10 heteroatoms. The summed E-state index contributed by atoms with van der Waals surface area (Å²) in [6, 6.07) is 4.07. The number of anilines is 1. The van der Waals surface area contributed by atoms with Crippen molar-refractivity contribution in [2.24, 2.45) is 0 Å². The molecule has 0 aliphatic carbocycles. The molecular formula is C18H26ClFN4O3S. The summed E-state index contributed by atoms with van der Waals surface area (Å²) in [5.41, 5.74) is 0.0803. The Bertz CT molecular complexity index is 792. The molecule has 28 heavy (non-hydrogen) atoms. The fourth-order valence-corrected chi connectivity index (χ4v) is 5.37. The molecular weight excluding hydrogens is 407 g/mol. The van der Waals surface area contributed by atoms with E-state index in [0.717, 1.165) is 31.7 Å². The fourth-order valence-electron chi connectivity index (χ4n) is 3.54. The molecule has 0 unspecified atom stereocenters. The third-order valence-corrected chi connectivity index (χ3v) is 7.39. The number of nitrogens with zero attached hydrogens (tertiary/aromatic N) is 3. The summed E-state index contributed by atoms with van der Waals surface area (Å²) in [5.74, 6) is -0.931. The lowest BCUT2D eigenvalue weighted by molar-refractivity contribution is -0.117. The van der Waals surface area contributed by atoms with Crippen LogP contribution < -0.4 is 5.32 Å². The van der Waals surface area contributed by atoms with Gasteiger partial charge in [-0.25, -0.2) is 4.39 Å². The molecule has 0 saturated carbocycles. The number of benzene rings is 1. The Morgan fingerprint density at radius 2 is 1.61 bits per heavy atom. The fraction of sp³-hybridized carbons (Fsp3) is 0.611. The smallest absolute Gasteiger partial charge is 0.282 e. The first-order valence-corrected chi connectivity index (χ1v) is 11.4. The molecule has 0 radical (unpaired) electrons. The van der Waals surface area contributed by atoms with Crippen LogP contribution in [0.5, 0.6) is 0 Å². The topological polar surface area (TPSA) is 73.0 Å². The Balaban J connectivity index is 1.50. The minimum atomic E-state index is -3.44. The highest BCUT2D eigenvalue weighted by Crippen LogP contribution is 2.20. The number of carbonyl (C=O) groups excluding carboxylic acids is 1. The summed E-state index contributed by atoms with van der Waals surface area (Å²) in [6.07, 6.45) is 3.95. The standard InChI is InChI=1S/C18H26ClFN4O3S/c19-15-5-6-17(16(20)13-15)21-18(25)14-22-9-11-24(12-10-22)28(26,27)23-7-3-1-2-4-8-23/h5-6,13H,1-4,7-12,14H2,(H,21,25). The maximum absolute atomic E-state index is 13.8. The van der Waals surface area contributed by atoms with E-state index in [1.54, 1.807) is 4.31 Å². The normalized spacial score (nSPS) is 20.6. The van der Waals surface area contributed by atoms with Crippen molar-refractivity contribution in [3.05, 3.63) is 29.0 Å². The van der Waals surface area contributed by atoms with Gasteiger partial charge >= 0.3 is 0 Å². The predicted octanol–water partition coefficient (Wildman–Crippen LogP) is 2.16. The molecule has 2 aliphatic rings. The van der Waals surface area contributed by atoms with Gasteiger partial charge in [0, 0.05) is 44.3 Å². The van der Waals surface area contributed by atoms with Crippen LogP contribution in [0.1, 0.15) is 25.7 Å². The van der Waals surface area contributed by atoms with Gasteiger partial charge in [0.05, 0.1) is 12.2 Å². The van der Waals surface area contributed by atoms with E-state index in [1.807, 2.05) is 4.90 Å². The van der Waals surface area contributed by atoms with Crippen LogP contribution in [0.3, 0.4) is 0 Å². The van der Waals surface area contributed by atoms with Crippen molar-refractivity contribution in [2.45, 2.75) is 25.7 Å². The van der Waals surface area contributed by atoms with Crippen LogP contribution in [-0.2, 0) is 15.0 Å². The molecule has 0 bridgehead atoms. The Morgan fingerprint density at radius 3 is 2.21 bits per heavy atom. The first kappa shape index (κ1) is 21.4. The molecule has 2 aliphatic heterocycles. The summed E-state index contributed by atoms with van der Waals surface area (Å²) in [7, 11) is -3.44. The van der Waals surface area contributed by atoms with Gasteiger partial charge in [-0.1, -0.05) is 24.4 Å². The lowest BCUT2D eigenvalue weighted by atomic mass is 10.2. The van der Waals surface area contributed by atoms with Gasteiger partial charge in [0.25, 0.3) is 10.2 Å². The number of hydrogen-bond donors (Lipinski definition) is 1. The lowest BCUT2D eigenvalue weighted by Gasteiger charge is -2.36. The van der Waals surface area contributed by atoms with Crippen LogP contribution in [0, 0.1) is 5.82 Å². The first-order valence-electron chi connectivity index (χ1n) is 9.59. The summed E-state index contributed by atoms with van der Waals surface area (Å²) >= 11 is 5.71. The molecule has 7 nitrogen and oxygen atoms in total. The highest BCUT2D eigenvalue weighted by molar-refractivity contribution is 7.86. The number of hydrogen-bond acceptors (Lipinski definition) is 4. The SMILES string of the molecule is O=C(CN1CCN(S(=O)(=O)N2CCCCCC2)CC1)Nc1ccc(Cl)cc1F. The van der Waals surface area contributed by atoms with Crippen molar-refractivity contribution < 1.29 is 17.6 Å². The zero-order valence-electron chi connectivity index (χ0n) is 15.7. The highest BCUT2D eigenvalue weighted by atomic mass is 35.5. The summed E-state index contributed by atoms with van der Waals surface area (Å²) in [6.45, 7) is 2.87. The van der Waals surface area contributed by atoms with E-state index in [1.165, 1.54) is 16.4 Å². The van der Waals surface area contributed by atoms with Crippen molar-refractivity contribution >= 4 is 33.4 Å². The van der Waals surface area contributed by atoms with Crippen LogP contribution in [0.25, 0.3) is 0 Å². The van der Waals surface area contributed by atoms with Crippen LogP contribution in [-0.4, -0.2) is 73.6 Å². The Morgan fingerprint density at radius 1 is 1.00 bits per heavy atom. The van der Waals surface area contributed by atoms with E-state index in [0.29, 0.717) is 39.3 Å². The molecule has 1 aromatic carbocycles. The molecule has 2 heterocycles. The number of rotatable bonds is 5. The summed E-state index contributed by atoms with van der Waals surface area (Å²) in [5, 5.41) is 2.79. The molecule has 2 saturated heterocycles. The average Bonchev–Trinajstić information content (AvgIpc) is 2.94.